The molecule has 1 heterocycles. The molecule has 3 heteroatoms. The van der Waals surface area contributed by atoms with Gasteiger partial charge >= 0.3 is 0 Å². The van der Waals surface area contributed by atoms with Gasteiger partial charge in [-0.1, -0.05) is 133 Å². The van der Waals surface area contributed by atoms with E-state index >= 15 is 0 Å². The van der Waals surface area contributed by atoms with Crippen LogP contribution in [0.25, 0.3) is 82.5 Å². The summed E-state index contributed by atoms with van der Waals surface area (Å²) in [6.45, 7) is 2.05. The normalized spacial score (nSPS) is 11.5. The fourth-order valence-electron chi connectivity index (χ4n) is 7.04. The summed E-state index contributed by atoms with van der Waals surface area (Å²) < 4.78 is 1.74. The van der Waals surface area contributed by atoms with Crippen LogP contribution in [0.4, 0.5) is 0 Å². The first-order chi connectivity index (χ1) is 23.6. The molecule has 0 amide bonds. The summed E-state index contributed by atoms with van der Waals surface area (Å²) >= 11 is 0. The number of rotatable bonds is 4. The van der Waals surface area contributed by atoms with Gasteiger partial charge < -0.3 is 0 Å². The predicted octanol–water partition coefficient (Wildman–Crippen LogP) is 11.2. The monoisotopic (exact) mass is 614 g/mol. The third kappa shape index (κ3) is 4.59. The Labute approximate surface area is 278 Å². The summed E-state index contributed by atoms with van der Waals surface area (Å²) in [5.74, 6) is 0.628. The molecule has 0 spiro atoms. The topological polar surface area (TPSA) is 34.9 Å². The van der Waals surface area contributed by atoms with E-state index in [9.17, 15) is 4.79 Å². The molecule has 48 heavy (non-hydrogen) atoms. The van der Waals surface area contributed by atoms with Crippen molar-refractivity contribution in [3.63, 3.8) is 0 Å². The molecule has 0 unspecified atom stereocenters. The van der Waals surface area contributed by atoms with E-state index in [1.807, 2.05) is 73.7 Å². The van der Waals surface area contributed by atoms with Gasteiger partial charge in [0.15, 0.2) is 0 Å². The Morgan fingerprint density at radius 2 is 0.917 bits per heavy atom. The molecular weight excluding hydrogens is 585 g/mol. The fraction of sp³-hybridized carbons (Fsp3) is 0.0222. The molecule has 226 valence electrons. The van der Waals surface area contributed by atoms with Crippen molar-refractivity contribution in [3.8, 4) is 39.3 Å². The van der Waals surface area contributed by atoms with E-state index in [0.717, 1.165) is 39.1 Å². The number of benzene rings is 8. The third-order valence-corrected chi connectivity index (χ3v) is 9.47. The van der Waals surface area contributed by atoms with Crippen LogP contribution in [-0.2, 0) is 0 Å². The SMILES string of the molecule is Cc1ccc(-n2c(-c3ccccc3)nc3ccc(-c4cccc(-c5ccc6c7ccccc7c7ccccc7c6c5)c4)cc3c2=O)cc1. The first kappa shape index (κ1) is 27.9. The number of aromatic nitrogens is 2. The Hall–Kier alpha value is -6.32. The van der Waals surface area contributed by atoms with Crippen LogP contribution < -0.4 is 5.56 Å². The quantitative estimate of drug-likeness (QED) is 0.185. The lowest BCUT2D eigenvalue weighted by molar-refractivity contribution is 0.975. The molecule has 3 nitrogen and oxygen atoms in total. The van der Waals surface area contributed by atoms with E-state index in [4.69, 9.17) is 4.98 Å². The lowest BCUT2D eigenvalue weighted by atomic mass is 9.91. The van der Waals surface area contributed by atoms with Crippen LogP contribution in [0.15, 0.2) is 169 Å². The minimum Gasteiger partial charge on any atom is -0.268 e. The van der Waals surface area contributed by atoms with Crippen molar-refractivity contribution in [2.75, 3.05) is 0 Å². The molecule has 9 aromatic rings. The van der Waals surface area contributed by atoms with Gasteiger partial charge in [-0.25, -0.2) is 4.98 Å². The lowest BCUT2D eigenvalue weighted by Crippen LogP contribution is -2.22. The molecule has 0 atom stereocenters. The molecule has 0 aliphatic carbocycles. The van der Waals surface area contributed by atoms with Gasteiger partial charge in [0.25, 0.3) is 5.56 Å². The minimum atomic E-state index is -0.0886. The van der Waals surface area contributed by atoms with Crippen molar-refractivity contribution in [2.24, 2.45) is 0 Å². The Morgan fingerprint density at radius 1 is 0.417 bits per heavy atom. The number of nitrogens with zero attached hydrogens (tertiary/aromatic N) is 2. The molecule has 0 saturated carbocycles. The van der Waals surface area contributed by atoms with Gasteiger partial charge in [-0.05, 0) is 97.9 Å². The average Bonchev–Trinajstić information content (AvgIpc) is 3.15. The first-order valence-corrected chi connectivity index (χ1v) is 16.3. The second kappa shape index (κ2) is 11.2. The Bertz CT molecular complexity index is 2710. The summed E-state index contributed by atoms with van der Waals surface area (Å²) in [4.78, 5) is 19.4. The van der Waals surface area contributed by atoms with Crippen molar-refractivity contribution in [1.29, 1.82) is 0 Å². The van der Waals surface area contributed by atoms with Crippen molar-refractivity contribution >= 4 is 43.2 Å². The maximum atomic E-state index is 14.3. The summed E-state index contributed by atoms with van der Waals surface area (Å²) in [6, 6.07) is 56.7. The highest BCUT2D eigenvalue weighted by Crippen LogP contribution is 2.38. The molecule has 0 radical (unpaired) electrons. The lowest BCUT2D eigenvalue weighted by Gasteiger charge is -2.15. The van der Waals surface area contributed by atoms with Crippen molar-refractivity contribution in [1.82, 2.24) is 9.55 Å². The van der Waals surface area contributed by atoms with Gasteiger partial charge in [-0.2, -0.15) is 0 Å². The molecule has 9 rings (SSSR count). The maximum absolute atomic E-state index is 14.3. The minimum absolute atomic E-state index is 0.0886. The average molecular weight is 615 g/mol. The predicted molar refractivity (Wildman–Crippen MR) is 201 cm³/mol. The molecule has 1 aromatic heterocycles. The van der Waals surface area contributed by atoms with Crippen molar-refractivity contribution < 1.29 is 0 Å². The van der Waals surface area contributed by atoms with Crippen molar-refractivity contribution in [3.05, 3.63) is 180 Å². The number of hydrogen-bond donors (Lipinski definition) is 0. The molecule has 0 N–H and O–H groups in total. The number of aryl methyl sites for hydroxylation is 1. The van der Waals surface area contributed by atoms with Crippen LogP contribution in [0.1, 0.15) is 5.56 Å². The van der Waals surface area contributed by atoms with E-state index in [-0.39, 0.29) is 5.56 Å². The van der Waals surface area contributed by atoms with Crippen LogP contribution in [0.5, 0.6) is 0 Å². The standard InChI is InChI=1S/C45H30N2O/c1-29-18-22-35(23-19-29)47-44(30-10-3-2-4-11-30)46-43-25-21-34(28-42(43)45(47)48)32-13-9-12-31(26-32)33-20-24-40-38-16-6-5-14-36(38)37-15-7-8-17-39(37)41(40)27-33/h2-28H,1H3. The Kier molecular flexibility index (Phi) is 6.51. The highest BCUT2D eigenvalue weighted by Gasteiger charge is 2.16. The van der Waals surface area contributed by atoms with Crippen LogP contribution in [-0.4, -0.2) is 9.55 Å². The molecule has 0 aliphatic rings. The van der Waals surface area contributed by atoms with Crippen LogP contribution in [0.3, 0.4) is 0 Å². The molecule has 8 aromatic carbocycles. The smallest absolute Gasteiger partial charge is 0.266 e. The fourth-order valence-corrected chi connectivity index (χ4v) is 7.04. The highest BCUT2D eigenvalue weighted by atomic mass is 16.1. The third-order valence-electron chi connectivity index (χ3n) is 9.47. The second-order valence-electron chi connectivity index (χ2n) is 12.4. The molecular formula is C45H30N2O. The van der Waals surface area contributed by atoms with Crippen LogP contribution in [0, 0.1) is 6.92 Å². The Balaban J connectivity index is 1.19. The van der Waals surface area contributed by atoms with Crippen LogP contribution >= 0.6 is 0 Å². The van der Waals surface area contributed by atoms with Gasteiger partial charge in [-0.3, -0.25) is 9.36 Å². The van der Waals surface area contributed by atoms with E-state index in [2.05, 4.69) is 97.1 Å². The number of fused-ring (bicyclic) bond motifs is 7. The van der Waals surface area contributed by atoms with E-state index in [1.165, 1.54) is 32.3 Å². The summed E-state index contributed by atoms with van der Waals surface area (Å²) in [6.07, 6.45) is 0. The molecule has 0 fully saturated rings. The van der Waals surface area contributed by atoms with Gasteiger partial charge in [0, 0.05) is 5.56 Å². The maximum Gasteiger partial charge on any atom is 0.266 e. The zero-order valence-corrected chi connectivity index (χ0v) is 26.4. The van der Waals surface area contributed by atoms with Crippen LogP contribution in [0.2, 0.25) is 0 Å². The van der Waals surface area contributed by atoms with E-state index < -0.39 is 0 Å². The summed E-state index contributed by atoms with van der Waals surface area (Å²) in [5.41, 5.74) is 7.72. The molecule has 0 bridgehead atoms. The van der Waals surface area contributed by atoms with E-state index in [0.29, 0.717) is 16.7 Å². The van der Waals surface area contributed by atoms with Crippen molar-refractivity contribution in [2.45, 2.75) is 6.92 Å². The second-order valence-corrected chi connectivity index (χ2v) is 12.4. The van der Waals surface area contributed by atoms with Gasteiger partial charge in [0.1, 0.15) is 5.82 Å². The largest absolute Gasteiger partial charge is 0.268 e. The first-order valence-electron chi connectivity index (χ1n) is 16.3. The van der Waals surface area contributed by atoms with Gasteiger partial charge in [0.2, 0.25) is 0 Å². The zero-order valence-electron chi connectivity index (χ0n) is 26.4. The highest BCUT2D eigenvalue weighted by molar-refractivity contribution is 6.25. The summed E-state index contributed by atoms with van der Waals surface area (Å²) in [7, 11) is 0. The Morgan fingerprint density at radius 3 is 1.56 bits per heavy atom. The zero-order chi connectivity index (χ0) is 32.2. The number of hydrogen-bond acceptors (Lipinski definition) is 2. The van der Waals surface area contributed by atoms with Gasteiger partial charge in [0.05, 0.1) is 16.6 Å². The van der Waals surface area contributed by atoms with E-state index in [1.54, 1.807) is 4.57 Å². The summed E-state index contributed by atoms with van der Waals surface area (Å²) in [5, 5.41) is 8.15. The molecule has 0 saturated heterocycles. The van der Waals surface area contributed by atoms with Gasteiger partial charge in [-0.15, -0.1) is 0 Å². The molecule has 0 aliphatic heterocycles.